The van der Waals surface area contributed by atoms with Crippen LogP contribution in [0.5, 0.6) is 0 Å². The maximum absolute atomic E-state index is 12.5. The number of hydrogen-bond acceptors (Lipinski definition) is 3. The summed E-state index contributed by atoms with van der Waals surface area (Å²) in [6.07, 6.45) is 8.88. The van der Waals surface area contributed by atoms with E-state index in [4.69, 9.17) is 4.74 Å². The van der Waals surface area contributed by atoms with Gasteiger partial charge in [-0.25, -0.2) is 4.79 Å². The first-order valence-corrected chi connectivity index (χ1v) is 12.2. The average molecular weight is 420 g/mol. The molecular weight excluding hydrogens is 374 g/mol. The number of hydrogen-bond donors (Lipinski definition) is 2. The topological polar surface area (TPSA) is 58.6 Å². The molecule has 2 fully saturated rings. The third-order valence-electron chi connectivity index (χ3n) is 8.78. The minimum Gasteiger partial charge on any atom is -0.444 e. The molecule has 3 rings (SSSR count). The van der Waals surface area contributed by atoms with Crippen LogP contribution in [0.4, 0.5) is 4.79 Å². The molecule has 3 aliphatic carbocycles. The van der Waals surface area contributed by atoms with Crippen molar-refractivity contribution in [1.29, 1.82) is 0 Å². The van der Waals surface area contributed by atoms with Crippen LogP contribution in [0.15, 0.2) is 11.1 Å². The molecule has 2 N–H and O–H groups in total. The van der Waals surface area contributed by atoms with Gasteiger partial charge < -0.3 is 15.2 Å². The van der Waals surface area contributed by atoms with Gasteiger partial charge in [0.05, 0.1) is 0 Å². The zero-order chi connectivity index (χ0) is 22.3. The van der Waals surface area contributed by atoms with E-state index in [1.807, 2.05) is 20.8 Å². The Labute approximate surface area is 184 Å². The van der Waals surface area contributed by atoms with Crippen LogP contribution in [0.25, 0.3) is 0 Å². The normalized spacial score (nSPS) is 36.0. The van der Waals surface area contributed by atoms with E-state index in [0.717, 1.165) is 25.2 Å². The molecule has 30 heavy (non-hydrogen) atoms. The fourth-order valence-corrected chi connectivity index (χ4v) is 7.42. The molecule has 0 aromatic carbocycles. The number of rotatable bonds is 4. The molecule has 172 valence electrons. The molecule has 0 radical (unpaired) electrons. The monoisotopic (exact) mass is 419 g/mol. The first-order valence-electron chi connectivity index (χ1n) is 12.2. The van der Waals surface area contributed by atoms with Gasteiger partial charge in [-0.3, -0.25) is 0 Å². The molecule has 2 saturated carbocycles. The first-order chi connectivity index (χ1) is 13.9. The molecule has 0 bridgehead atoms. The number of amides is 1. The summed E-state index contributed by atoms with van der Waals surface area (Å²) in [5, 5.41) is 12.6. The number of aliphatic hydroxyl groups is 1. The maximum atomic E-state index is 12.5. The second-order valence-corrected chi connectivity index (χ2v) is 12.1. The van der Waals surface area contributed by atoms with E-state index in [0.29, 0.717) is 23.9 Å². The van der Waals surface area contributed by atoms with E-state index >= 15 is 0 Å². The number of carbonyl (C=O) groups excluding carboxylic acids is 1. The van der Waals surface area contributed by atoms with Crippen LogP contribution in [-0.2, 0) is 4.74 Å². The van der Waals surface area contributed by atoms with Gasteiger partial charge in [-0.1, -0.05) is 31.9 Å². The number of aliphatic hydroxyl groups excluding tert-OH is 1. The lowest BCUT2D eigenvalue weighted by Crippen LogP contribution is -2.61. The van der Waals surface area contributed by atoms with Gasteiger partial charge in [-0.05, 0) is 108 Å². The highest BCUT2D eigenvalue weighted by Gasteiger charge is 2.58. The number of fused-ring (bicyclic) bond motifs is 3. The SMILES string of the molecule is CC1=C(CCCO)[C@@H]2CC[C@H]3C(C)(C)[C@@H](NC(=O)OC(C)(C)C)CC[C@]3(C)[C@H]2CC1. The van der Waals surface area contributed by atoms with Crippen LogP contribution in [0.3, 0.4) is 0 Å². The highest BCUT2D eigenvalue weighted by atomic mass is 16.6. The Bertz CT molecular complexity index is 674. The summed E-state index contributed by atoms with van der Waals surface area (Å²) < 4.78 is 5.57. The summed E-state index contributed by atoms with van der Waals surface area (Å²) in [5.41, 5.74) is 3.16. The summed E-state index contributed by atoms with van der Waals surface area (Å²) in [7, 11) is 0. The van der Waals surface area contributed by atoms with Crippen molar-refractivity contribution in [2.75, 3.05) is 6.61 Å². The Hall–Kier alpha value is -1.03. The lowest BCUT2D eigenvalue weighted by molar-refractivity contribution is -0.110. The predicted molar refractivity (Wildman–Crippen MR) is 122 cm³/mol. The third kappa shape index (κ3) is 4.45. The van der Waals surface area contributed by atoms with E-state index in [1.54, 1.807) is 11.1 Å². The zero-order valence-corrected chi connectivity index (χ0v) is 20.4. The van der Waals surface area contributed by atoms with Crippen molar-refractivity contribution in [3.05, 3.63) is 11.1 Å². The Morgan fingerprint density at radius 1 is 1.17 bits per heavy atom. The fraction of sp³-hybridized carbons (Fsp3) is 0.885. The molecule has 4 heteroatoms. The van der Waals surface area contributed by atoms with Crippen molar-refractivity contribution in [2.24, 2.45) is 28.6 Å². The van der Waals surface area contributed by atoms with Gasteiger partial charge in [-0.2, -0.15) is 0 Å². The zero-order valence-electron chi connectivity index (χ0n) is 20.4. The average Bonchev–Trinajstić information content (AvgIpc) is 2.61. The molecule has 0 aromatic heterocycles. The summed E-state index contributed by atoms with van der Waals surface area (Å²) in [6.45, 7) is 15.7. The first kappa shape index (κ1) is 23.6. The van der Waals surface area contributed by atoms with Crippen molar-refractivity contribution in [3.63, 3.8) is 0 Å². The predicted octanol–water partition coefficient (Wildman–Crippen LogP) is 6.23. The second-order valence-electron chi connectivity index (χ2n) is 12.1. The van der Waals surface area contributed by atoms with Crippen molar-refractivity contribution in [3.8, 4) is 0 Å². The number of alkyl carbamates (subject to hydrolysis) is 1. The number of carbonyl (C=O) groups is 1. The molecule has 4 nitrogen and oxygen atoms in total. The molecule has 0 aromatic rings. The maximum Gasteiger partial charge on any atom is 0.407 e. The molecule has 3 aliphatic rings. The number of ether oxygens (including phenoxy) is 1. The summed E-state index contributed by atoms with van der Waals surface area (Å²) in [6, 6.07) is 0.164. The highest BCUT2D eigenvalue weighted by molar-refractivity contribution is 5.68. The molecule has 0 saturated heterocycles. The van der Waals surface area contributed by atoms with Crippen LogP contribution >= 0.6 is 0 Å². The van der Waals surface area contributed by atoms with Crippen molar-refractivity contribution >= 4 is 6.09 Å². The van der Waals surface area contributed by atoms with Gasteiger partial charge in [0.1, 0.15) is 5.60 Å². The molecule has 0 unspecified atom stereocenters. The van der Waals surface area contributed by atoms with Gasteiger partial charge in [0.2, 0.25) is 0 Å². The number of nitrogens with one attached hydrogen (secondary N) is 1. The van der Waals surface area contributed by atoms with E-state index in [2.05, 4.69) is 33.0 Å². The lowest BCUT2D eigenvalue weighted by Gasteiger charge is -2.63. The third-order valence-corrected chi connectivity index (χ3v) is 8.78. The molecule has 5 atom stereocenters. The van der Waals surface area contributed by atoms with E-state index < -0.39 is 5.60 Å². The van der Waals surface area contributed by atoms with E-state index in [9.17, 15) is 9.90 Å². The highest BCUT2D eigenvalue weighted by Crippen LogP contribution is 2.64. The van der Waals surface area contributed by atoms with Crippen LogP contribution in [0, 0.1) is 28.6 Å². The van der Waals surface area contributed by atoms with Gasteiger partial charge in [0.15, 0.2) is 0 Å². The Morgan fingerprint density at radius 3 is 2.50 bits per heavy atom. The minimum atomic E-state index is -0.466. The van der Waals surface area contributed by atoms with Gasteiger partial charge >= 0.3 is 6.09 Å². The van der Waals surface area contributed by atoms with Gasteiger partial charge in [0, 0.05) is 12.6 Å². The lowest BCUT2D eigenvalue weighted by atomic mass is 9.43. The minimum absolute atomic E-state index is 0.0519. The van der Waals surface area contributed by atoms with E-state index in [-0.39, 0.29) is 17.6 Å². The largest absolute Gasteiger partial charge is 0.444 e. The fourth-order valence-electron chi connectivity index (χ4n) is 7.42. The van der Waals surface area contributed by atoms with Crippen LogP contribution in [0.1, 0.15) is 99.8 Å². The van der Waals surface area contributed by atoms with Gasteiger partial charge in [0.25, 0.3) is 0 Å². The Morgan fingerprint density at radius 2 is 1.87 bits per heavy atom. The summed E-state index contributed by atoms with van der Waals surface area (Å²) in [4.78, 5) is 12.5. The smallest absolute Gasteiger partial charge is 0.407 e. The van der Waals surface area contributed by atoms with Crippen molar-refractivity contribution in [2.45, 2.75) is 111 Å². The molecule has 0 heterocycles. The molecular formula is C26H45NO3. The van der Waals surface area contributed by atoms with Gasteiger partial charge in [-0.15, -0.1) is 0 Å². The summed E-state index contributed by atoms with van der Waals surface area (Å²) in [5.74, 6) is 2.03. The molecule has 0 aliphatic heterocycles. The standard InChI is InChI=1S/C26H45NO3/c1-17-10-12-20-19(18(17)9-8-16-28)11-13-21-25(5,6)22(14-15-26(20,21)7)27-23(29)30-24(2,3)4/h19-22,28H,8-16H2,1-7H3,(H,27,29)/t19-,20-,21-,22-,26+/m0/s1. The molecule has 1 amide bonds. The Balaban J connectivity index is 1.79. The van der Waals surface area contributed by atoms with Crippen LogP contribution in [0.2, 0.25) is 0 Å². The number of allylic oxidation sites excluding steroid dienone is 2. The van der Waals surface area contributed by atoms with Crippen LogP contribution < -0.4 is 5.32 Å². The second kappa shape index (κ2) is 8.48. The quantitative estimate of drug-likeness (QED) is 0.531. The Kier molecular flexibility index (Phi) is 6.68. The van der Waals surface area contributed by atoms with Crippen molar-refractivity contribution in [1.82, 2.24) is 5.32 Å². The summed E-state index contributed by atoms with van der Waals surface area (Å²) >= 11 is 0. The molecule has 0 spiro atoms. The van der Waals surface area contributed by atoms with E-state index in [1.165, 1.54) is 32.1 Å². The van der Waals surface area contributed by atoms with Crippen LogP contribution in [-0.4, -0.2) is 29.4 Å². The van der Waals surface area contributed by atoms with Crippen molar-refractivity contribution < 1.29 is 14.6 Å².